The Morgan fingerprint density at radius 2 is 1.19 bits per heavy atom. The fraction of sp³-hybridized carbons (Fsp3) is 0.786. The average Bonchev–Trinajstić information content (AvgIpc) is 2.80. The maximum absolute atomic E-state index is 5.92. The number of aryl methyl sites for hydroxylation is 1. The molecule has 1 aliphatic rings. The van der Waals surface area contributed by atoms with E-state index in [1.54, 1.807) is 0 Å². The van der Waals surface area contributed by atoms with Crippen molar-refractivity contribution in [3.63, 3.8) is 0 Å². The highest BCUT2D eigenvalue weighted by Crippen LogP contribution is 2.20. The summed E-state index contributed by atoms with van der Waals surface area (Å²) >= 11 is 3.51. The Kier molecular flexibility index (Phi) is 16.4. The lowest BCUT2D eigenvalue weighted by molar-refractivity contribution is -0.105. The second-order valence-corrected chi connectivity index (χ2v) is 10.1. The lowest BCUT2D eigenvalue weighted by Crippen LogP contribution is -2.24. The minimum absolute atomic E-state index is 0.0430. The molecule has 3 heteroatoms. The Balaban J connectivity index is 1.34. The minimum Gasteiger partial charge on any atom is -0.465 e. The van der Waals surface area contributed by atoms with Crippen molar-refractivity contribution in [1.82, 2.24) is 0 Å². The van der Waals surface area contributed by atoms with Crippen LogP contribution in [0, 0.1) is 0 Å². The quantitative estimate of drug-likeness (QED) is 0.141. The molecule has 1 aromatic carbocycles. The molecule has 0 saturated carbocycles. The molecule has 1 saturated heterocycles. The molecule has 1 aromatic rings. The average molecular weight is 496 g/mol. The van der Waals surface area contributed by atoms with Crippen LogP contribution in [0.25, 0.3) is 0 Å². The summed E-state index contributed by atoms with van der Waals surface area (Å²) in [7, 11) is 0. The molecule has 0 aromatic heterocycles. The Hall–Kier alpha value is -0.540. The lowest BCUT2D eigenvalue weighted by atomic mass is 10.0. The van der Waals surface area contributed by atoms with Crippen LogP contribution in [-0.4, -0.2) is 18.2 Å². The van der Waals surface area contributed by atoms with Crippen molar-refractivity contribution < 1.29 is 9.47 Å². The number of alkyl halides is 1. The van der Waals surface area contributed by atoms with Crippen LogP contribution < -0.4 is 4.74 Å². The SMILES string of the molecule is BrCCCCCCCCCCCCCCCCCc1ccc(OC2CCCCO2)cc1. The predicted molar refractivity (Wildman–Crippen MR) is 137 cm³/mol. The molecule has 1 aliphatic heterocycles. The molecule has 0 aliphatic carbocycles. The van der Waals surface area contributed by atoms with E-state index in [1.807, 2.05) is 0 Å². The van der Waals surface area contributed by atoms with Crippen molar-refractivity contribution in [3.8, 4) is 5.75 Å². The summed E-state index contributed by atoms with van der Waals surface area (Å²) in [6.45, 7) is 0.834. The third-order valence-corrected chi connectivity index (χ3v) is 6.99. The number of ether oxygens (including phenoxy) is 2. The van der Waals surface area contributed by atoms with Crippen LogP contribution in [0.1, 0.15) is 121 Å². The van der Waals surface area contributed by atoms with Crippen molar-refractivity contribution in [3.05, 3.63) is 29.8 Å². The molecule has 0 radical (unpaired) electrons. The van der Waals surface area contributed by atoms with E-state index in [4.69, 9.17) is 9.47 Å². The number of hydrogen-bond acceptors (Lipinski definition) is 2. The number of benzene rings is 1. The van der Waals surface area contributed by atoms with Crippen molar-refractivity contribution in [2.45, 2.75) is 128 Å². The molecule has 1 atom stereocenters. The van der Waals surface area contributed by atoms with Gasteiger partial charge >= 0.3 is 0 Å². The van der Waals surface area contributed by atoms with Gasteiger partial charge in [0.15, 0.2) is 6.29 Å². The van der Waals surface area contributed by atoms with Crippen molar-refractivity contribution >= 4 is 15.9 Å². The number of hydrogen-bond donors (Lipinski definition) is 0. The predicted octanol–water partition coefficient (Wildman–Crippen LogP) is 9.38. The van der Waals surface area contributed by atoms with Gasteiger partial charge in [-0.05, 0) is 49.8 Å². The second-order valence-electron chi connectivity index (χ2n) is 9.30. The molecule has 1 unspecified atom stereocenters. The normalized spacial score (nSPS) is 16.5. The van der Waals surface area contributed by atoms with Gasteiger partial charge in [-0.25, -0.2) is 0 Å². The Morgan fingerprint density at radius 1 is 0.677 bits per heavy atom. The first kappa shape index (κ1) is 26.7. The molecular weight excluding hydrogens is 448 g/mol. The van der Waals surface area contributed by atoms with Gasteiger partial charge in [-0.1, -0.05) is 112 Å². The highest BCUT2D eigenvalue weighted by Gasteiger charge is 2.14. The van der Waals surface area contributed by atoms with Gasteiger partial charge < -0.3 is 9.47 Å². The number of halogens is 1. The fourth-order valence-corrected chi connectivity index (χ4v) is 4.81. The summed E-state index contributed by atoms with van der Waals surface area (Å²) in [5.74, 6) is 0.945. The standard InChI is InChI=1S/C28H47BrO2/c29-24-16-13-11-9-7-5-3-1-2-4-6-8-10-12-14-18-26-20-22-27(23-21-26)31-28-19-15-17-25-30-28/h20-23,28H,1-19,24-25H2. The monoisotopic (exact) mass is 494 g/mol. The Bertz CT molecular complexity index is 510. The van der Waals surface area contributed by atoms with E-state index in [0.29, 0.717) is 0 Å². The third-order valence-electron chi connectivity index (χ3n) is 6.43. The van der Waals surface area contributed by atoms with Crippen LogP contribution in [0.15, 0.2) is 24.3 Å². The molecule has 31 heavy (non-hydrogen) atoms. The number of rotatable bonds is 19. The van der Waals surface area contributed by atoms with Gasteiger partial charge in [0, 0.05) is 11.8 Å². The molecule has 1 heterocycles. The Labute approximate surface area is 201 Å². The van der Waals surface area contributed by atoms with Crippen LogP contribution >= 0.6 is 15.9 Å². The van der Waals surface area contributed by atoms with Gasteiger partial charge in [0.25, 0.3) is 0 Å². The first-order chi connectivity index (χ1) is 15.4. The van der Waals surface area contributed by atoms with E-state index in [9.17, 15) is 0 Å². The zero-order valence-corrected chi connectivity index (χ0v) is 21.5. The number of unbranched alkanes of at least 4 members (excludes halogenated alkanes) is 14. The van der Waals surface area contributed by atoms with Crippen LogP contribution in [0.5, 0.6) is 5.75 Å². The summed E-state index contributed by atoms with van der Waals surface area (Å²) in [6.07, 6.45) is 25.8. The summed E-state index contributed by atoms with van der Waals surface area (Å²) in [5.41, 5.74) is 1.43. The topological polar surface area (TPSA) is 18.5 Å². The fourth-order valence-electron chi connectivity index (χ4n) is 4.41. The second kappa shape index (κ2) is 19.0. The van der Waals surface area contributed by atoms with E-state index < -0.39 is 0 Å². The van der Waals surface area contributed by atoms with Crippen molar-refractivity contribution in [2.24, 2.45) is 0 Å². The van der Waals surface area contributed by atoms with Crippen LogP contribution in [0.3, 0.4) is 0 Å². The van der Waals surface area contributed by atoms with Crippen molar-refractivity contribution in [2.75, 3.05) is 11.9 Å². The molecule has 0 amide bonds. The van der Waals surface area contributed by atoms with Gasteiger partial charge in [-0.15, -0.1) is 0 Å². The molecule has 1 fully saturated rings. The molecule has 178 valence electrons. The highest BCUT2D eigenvalue weighted by atomic mass is 79.9. The molecule has 2 nitrogen and oxygen atoms in total. The minimum atomic E-state index is -0.0430. The van der Waals surface area contributed by atoms with Gasteiger partial charge in [-0.3, -0.25) is 0 Å². The maximum Gasteiger partial charge on any atom is 0.199 e. The lowest BCUT2D eigenvalue weighted by Gasteiger charge is -2.23. The third kappa shape index (κ3) is 14.3. The zero-order valence-electron chi connectivity index (χ0n) is 19.9. The van der Waals surface area contributed by atoms with E-state index in [-0.39, 0.29) is 6.29 Å². The van der Waals surface area contributed by atoms with Crippen LogP contribution in [-0.2, 0) is 11.2 Å². The molecular formula is C28H47BrO2. The maximum atomic E-state index is 5.92. The van der Waals surface area contributed by atoms with Crippen LogP contribution in [0.4, 0.5) is 0 Å². The largest absolute Gasteiger partial charge is 0.465 e. The van der Waals surface area contributed by atoms with E-state index >= 15 is 0 Å². The van der Waals surface area contributed by atoms with Crippen LogP contribution in [0.2, 0.25) is 0 Å². The van der Waals surface area contributed by atoms with E-state index in [1.165, 1.54) is 120 Å². The van der Waals surface area contributed by atoms with Gasteiger partial charge in [0.2, 0.25) is 0 Å². The van der Waals surface area contributed by atoms with E-state index in [2.05, 4.69) is 40.2 Å². The molecule has 0 N–H and O–H groups in total. The van der Waals surface area contributed by atoms with Crippen molar-refractivity contribution in [1.29, 1.82) is 0 Å². The summed E-state index contributed by atoms with van der Waals surface area (Å²) in [5, 5.41) is 1.17. The Morgan fingerprint density at radius 3 is 1.68 bits per heavy atom. The van der Waals surface area contributed by atoms with Gasteiger partial charge in [0.1, 0.15) is 5.75 Å². The molecule has 2 rings (SSSR count). The van der Waals surface area contributed by atoms with Gasteiger partial charge in [0.05, 0.1) is 6.61 Å². The van der Waals surface area contributed by atoms with E-state index in [0.717, 1.165) is 25.2 Å². The summed E-state index contributed by atoms with van der Waals surface area (Å²) in [6, 6.07) is 8.67. The highest BCUT2D eigenvalue weighted by molar-refractivity contribution is 9.09. The summed E-state index contributed by atoms with van der Waals surface area (Å²) in [4.78, 5) is 0. The molecule has 0 bridgehead atoms. The summed E-state index contributed by atoms with van der Waals surface area (Å²) < 4.78 is 11.6. The first-order valence-corrected chi connectivity index (χ1v) is 14.4. The zero-order chi connectivity index (χ0) is 21.8. The first-order valence-electron chi connectivity index (χ1n) is 13.3. The molecule has 0 spiro atoms. The van der Waals surface area contributed by atoms with Gasteiger partial charge in [-0.2, -0.15) is 0 Å². The smallest absolute Gasteiger partial charge is 0.199 e.